The smallest absolute Gasteiger partial charge is 0.331 e. The molecule has 12 nitrogen and oxygen atoms in total. The molecule has 1 saturated heterocycles. The Morgan fingerprint density at radius 1 is 0.911 bits per heavy atom. The third-order valence-electron chi connectivity index (χ3n) is 9.46. The van der Waals surface area contributed by atoms with E-state index in [2.05, 4.69) is 33.9 Å². The van der Waals surface area contributed by atoms with Crippen molar-refractivity contribution in [2.45, 2.75) is 123 Å². The van der Waals surface area contributed by atoms with Gasteiger partial charge in [-0.3, -0.25) is 14.4 Å². The van der Waals surface area contributed by atoms with E-state index >= 15 is 0 Å². The van der Waals surface area contributed by atoms with Crippen molar-refractivity contribution >= 4 is 32.0 Å². The average molecular weight is 660 g/mol. The van der Waals surface area contributed by atoms with Gasteiger partial charge in [-0.2, -0.15) is 0 Å². The fourth-order valence-corrected chi connectivity index (χ4v) is 6.99. The van der Waals surface area contributed by atoms with Gasteiger partial charge in [0, 0.05) is 21.2 Å². The Kier molecular flexibility index (Phi) is 14.3. The molecule has 1 heterocycles. The number of carbonyl (C=O) groups excluding carboxylic acids is 4. The number of ether oxygens (including phenoxy) is 3. The second kappa shape index (κ2) is 15.7. The molecular weight excluding hydrogens is 598 g/mol. The highest BCUT2D eigenvalue weighted by atomic mass is 28.4. The maximum Gasteiger partial charge on any atom is 0.331 e. The third kappa shape index (κ3) is 8.85. The van der Waals surface area contributed by atoms with Gasteiger partial charge in [-0.05, 0) is 42.8 Å². The topological polar surface area (TPSA) is 135 Å². The van der Waals surface area contributed by atoms with E-state index < -0.39 is 62.0 Å². The normalized spacial score (nSPS) is 22.9. The summed E-state index contributed by atoms with van der Waals surface area (Å²) in [7, 11) is 3.42. The summed E-state index contributed by atoms with van der Waals surface area (Å²) >= 11 is 0. The zero-order chi connectivity index (χ0) is 35.4. The second-order valence-electron chi connectivity index (χ2n) is 15.0. The van der Waals surface area contributed by atoms with E-state index in [0.29, 0.717) is 0 Å². The number of carbonyl (C=O) groups is 4. The number of rotatable bonds is 14. The molecule has 0 aromatic heterocycles. The summed E-state index contributed by atoms with van der Waals surface area (Å²) in [5, 5.41) is 10.9. The molecule has 1 aliphatic heterocycles. The summed E-state index contributed by atoms with van der Waals surface area (Å²) in [6.07, 6.45) is -1.97. The maximum absolute atomic E-state index is 14.3. The lowest BCUT2D eigenvalue weighted by Gasteiger charge is -2.43. The van der Waals surface area contributed by atoms with Crippen LogP contribution in [0.1, 0.15) is 69.2 Å². The van der Waals surface area contributed by atoms with Crippen molar-refractivity contribution in [2.75, 3.05) is 41.7 Å². The Balaban J connectivity index is 3.49. The molecule has 0 aliphatic carbocycles. The molecule has 0 radical (unpaired) electrons. The van der Waals surface area contributed by atoms with Crippen LogP contribution in [-0.4, -0.2) is 129 Å². The quantitative estimate of drug-likeness (QED) is 0.170. The second-order valence-corrected chi connectivity index (χ2v) is 19.7. The first kappa shape index (κ1) is 41.0. The number of amides is 3. The van der Waals surface area contributed by atoms with E-state index in [0.717, 1.165) is 0 Å². The SMILES string of the molecule is COCO[C@]1(C)[C@H](O)CN(C(=O)[C@H](C(C)C)N(C)C(=O)[C@H](C(C)C)N(C)C(=O)[C@H](O[Si](C)(C)C(C)(C)C)C(C)C)[C@@H]1C(=O)OC. The molecule has 0 unspecified atom stereocenters. The maximum atomic E-state index is 14.3. The van der Waals surface area contributed by atoms with Crippen molar-refractivity contribution in [3.05, 3.63) is 0 Å². The molecule has 45 heavy (non-hydrogen) atoms. The molecular formula is C32H61N3O9Si. The van der Waals surface area contributed by atoms with E-state index in [1.54, 1.807) is 20.9 Å². The van der Waals surface area contributed by atoms with Crippen LogP contribution >= 0.6 is 0 Å². The number of methoxy groups -OCH3 is 2. The van der Waals surface area contributed by atoms with Gasteiger partial charge in [-0.1, -0.05) is 62.3 Å². The number of aliphatic hydroxyl groups excluding tert-OH is 1. The van der Waals surface area contributed by atoms with Gasteiger partial charge in [-0.25, -0.2) is 4.79 Å². The van der Waals surface area contributed by atoms with Gasteiger partial charge >= 0.3 is 5.97 Å². The van der Waals surface area contributed by atoms with Gasteiger partial charge in [0.25, 0.3) is 5.91 Å². The van der Waals surface area contributed by atoms with Gasteiger partial charge in [-0.15, -0.1) is 0 Å². The Morgan fingerprint density at radius 3 is 1.80 bits per heavy atom. The molecule has 1 aliphatic rings. The number of likely N-dealkylation sites (N-methyl/N-ethyl adjacent to an activating group) is 2. The van der Waals surface area contributed by atoms with Crippen LogP contribution in [-0.2, 0) is 37.8 Å². The van der Waals surface area contributed by atoms with E-state index in [-0.39, 0.29) is 42.0 Å². The van der Waals surface area contributed by atoms with Crippen molar-refractivity contribution in [3.8, 4) is 0 Å². The van der Waals surface area contributed by atoms with Crippen LogP contribution in [0.2, 0.25) is 18.1 Å². The van der Waals surface area contributed by atoms with Crippen LogP contribution < -0.4 is 0 Å². The van der Waals surface area contributed by atoms with Crippen molar-refractivity contribution in [3.63, 3.8) is 0 Å². The molecule has 0 aromatic carbocycles. The fourth-order valence-electron chi connectivity index (χ4n) is 5.63. The minimum atomic E-state index is -2.33. The molecule has 1 N–H and O–H groups in total. The van der Waals surface area contributed by atoms with Crippen LogP contribution in [0.5, 0.6) is 0 Å². The van der Waals surface area contributed by atoms with E-state index in [4.69, 9.17) is 18.6 Å². The van der Waals surface area contributed by atoms with Crippen LogP contribution in [0.25, 0.3) is 0 Å². The van der Waals surface area contributed by atoms with Gasteiger partial charge < -0.3 is 38.4 Å². The summed E-state index contributed by atoms with van der Waals surface area (Å²) < 4.78 is 22.4. The first-order valence-electron chi connectivity index (χ1n) is 15.8. The molecule has 3 amide bonds. The number of hydrogen-bond donors (Lipinski definition) is 1. The van der Waals surface area contributed by atoms with Crippen molar-refractivity contribution in [2.24, 2.45) is 17.8 Å². The number of aliphatic hydroxyl groups is 1. The highest BCUT2D eigenvalue weighted by molar-refractivity contribution is 6.74. The van der Waals surface area contributed by atoms with Crippen molar-refractivity contribution in [1.82, 2.24) is 14.7 Å². The number of likely N-dealkylation sites (tertiary alicyclic amines) is 1. The zero-order valence-corrected chi connectivity index (χ0v) is 31.6. The van der Waals surface area contributed by atoms with E-state index in [9.17, 15) is 24.3 Å². The summed E-state index contributed by atoms with van der Waals surface area (Å²) in [5.41, 5.74) is -1.51. The lowest BCUT2D eigenvalue weighted by Crippen LogP contribution is -2.62. The monoisotopic (exact) mass is 659 g/mol. The van der Waals surface area contributed by atoms with Gasteiger partial charge in [0.2, 0.25) is 11.8 Å². The average Bonchev–Trinajstić information content (AvgIpc) is 3.18. The van der Waals surface area contributed by atoms with Crippen LogP contribution in [0.15, 0.2) is 0 Å². The number of esters is 1. The third-order valence-corrected chi connectivity index (χ3v) is 13.9. The van der Waals surface area contributed by atoms with E-state index in [1.807, 2.05) is 27.7 Å². The summed E-state index contributed by atoms with van der Waals surface area (Å²) in [6.45, 7) is 22.8. The Morgan fingerprint density at radius 2 is 1.40 bits per heavy atom. The number of hydrogen-bond acceptors (Lipinski definition) is 9. The fraction of sp³-hybridized carbons (Fsp3) is 0.875. The molecule has 0 bridgehead atoms. The lowest BCUT2D eigenvalue weighted by atomic mass is 9.93. The summed E-state index contributed by atoms with van der Waals surface area (Å²) in [4.78, 5) is 59.6. The first-order valence-corrected chi connectivity index (χ1v) is 18.7. The highest BCUT2D eigenvalue weighted by Crippen LogP contribution is 2.39. The summed E-state index contributed by atoms with van der Waals surface area (Å²) in [5.74, 6) is -2.82. The molecule has 1 fully saturated rings. The Labute approximate surface area is 272 Å². The Hall–Kier alpha value is -2.06. The number of nitrogens with zero attached hydrogens (tertiary/aromatic N) is 3. The highest BCUT2D eigenvalue weighted by Gasteiger charge is 2.59. The molecule has 0 spiro atoms. The standard InChI is InChI=1S/C32H61N3O9Si/c1-19(2)23(34(12)29(39)25(21(5)6)44-45(15,16)31(7,8)9)27(37)33(11)24(20(3)4)28(38)35-17-22(36)32(10,43-18-41-13)26(35)30(40)42-14/h19-26,36H,17-18H2,1-16H3/t22-,23+,24+,25-,26-,32-/m1/s1. The van der Waals surface area contributed by atoms with Crippen molar-refractivity contribution < 1.29 is 42.9 Å². The minimum Gasteiger partial charge on any atom is -0.467 e. The molecule has 13 heteroatoms. The molecule has 0 aromatic rings. The predicted molar refractivity (Wildman–Crippen MR) is 175 cm³/mol. The first-order chi connectivity index (χ1) is 20.4. The lowest BCUT2D eigenvalue weighted by molar-refractivity contribution is -0.184. The van der Waals surface area contributed by atoms with Crippen LogP contribution in [0.4, 0.5) is 0 Å². The van der Waals surface area contributed by atoms with E-state index in [1.165, 1.54) is 42.9 Å². The number of β-amino-alcohol motifs (C(OH)–C–C–N with tert-alkyl or cyclic N) is 1. The van der Waals surface area contributed by atoms with Crippen molar-refractivity contribution in [1.29, 1.82) is 0 Å². The minimum absolute atomic E-state index is 0.118. The molecule has 1 rings (SSSR count). The molecule has 6 atom stereocenters. The zero-order valence-electron chi connectivity index (χ0n) is 30.6. The summed E-state index contributed by atoms with van der Waals surface area (Å²) in [6, 6.07) is -3.19. The Bertz CT molecular complexity index is 1050. The van der Waals surface area contributed by atoms with Gasteiger partial charge in [0.1, 0.15) is 36.7 Å². The molecule has 0 saturated carbocycles. The molecule has 262 valence electrons. The predicted octanol–water partition coefficient (Wildman–Crippen LogP) is 3.12. The van der Waals surface area contributed by atoms with Gasteiger partial charge in [0.15, 0.2) is 14.4 Å². The van der Waals surface area contributed by atoms with Crippen LogP contribution in [0.3, 0.4) is 0 Å². The van der Waals surface area contributed by atoms with Crippen LogP contribution in [0, 0.1) is 17.8 Å². The van der Waals surface area contributed by atoms with Gasteiger partial charge in [0.05, 0.1) is 13.7 Å². The largest absolute Gasteiger partial charge is 0.467 e.